The Hall–Kier alpha value is -2.12. The van der Waals surface area contributed by atoms with Gasteiger partial charge in [-0.2, -0.15) is 0 Å². The third-order valence-electron chi connectivity index (χ3n) is 5.70. The monoisotopic (exact) mass is 378 g/mol. The summed E-state index contributed by atoms with van der Waals surface area (Å²) in [6.07, 6.45) is 2.33. The molecule has 1 saturated heterocycles. The molecular formula is C18H23ClN4O3. The Morgan fingerprint density at radius 1 is 1.15 bits per heavy atom. The Kier molecular flexibility index (Phi) is 5.20. The van der Waals surface area contributed by atoms with E-state index in [2.05, 4.69) is 5.10 Å². The second kappa shape index (κ2) is 7.25. The number of carbonyl (C=O) groups is 1. The SMILES string of the molecule is Cl.NC1CCC2CN(C(=O)CCn3[nH]c(=O)c4ccccc4c3=O)CC12. The molecule has 3 atom stereocenters. The molecule has 1 saturated carbocycles. The van der Waals surface area contributed by atoms with Crippen LogP contribution in [0.15, 0.2) is 33.9 Å². The number of likely N-dealkylation sites (tertiary alicyclic amines) is 1. The number of aromatic amines is 1. The van der Waals surface area contributed by atoms with Crippen molar-refractivity contribution >= 4 is 29.1 Å². The summed E-state index contributed by atoms with van der Waals surface area (Å²) >= 11 is 0. The molecule has 2 heterocycles. The van der Waals surface area contributed by atoms with Gasteiger partial charge in [-0.15, -0.1) is 12.4 Å². The van der Waals surface area contributed by atoms with E-state index in [1.54, 1.807) is 24.3 Å². The number of rotatable bonds is 3. The van der Waals surface area contributed by atoms with Crippen LogP contribution in [0.1, 0.15) is 19.3 Å². The number of hydrogen-bond acceptors (Lipinski definition) is 4. The number of aromatic nitrogens is 2. The van der Waals surface area contributed by atoms with E-state index < -0.39 is 0 Å². The van der Waals surface area contributed by atoms with Gasteiger partial charge in [-0.1, -0.05) is 12.1 Å². The van der Waals surface area contributed by atoms with Gasteiger partial charge in [0, 0.05) is 25.6 Å². The fourth-order valence-corrected chi connectivity index (χ4v) is 4.28. The van der Waals surface area contributed by atoms with E-state index in [-0.39, 0.29) is 48.4 Å². The molecule has 3 unspecified atom stereocenters. The Labute approximate surface area is 156 Å². The number of aryl methyl sites for hydroxylation is 1. The molecule has 2 aromatic rings. The molecule has 1 aromatic carbocycles. The highest BCUT2D eigenvalue weighted by Crippen LogP contribution is 2.37. The highest BCUT2D eigenvalue weighted by Gasteiger charge is 2.42. The highest BCUT2D eigenvalue weighted by molar-refractivity contribution is 5.85. The van der Waals surface area contributed by atoms with Gasteiger partial charge in [-0.05, 0) is 36.8 Å². The van der Waals surface area contributed by atoms with Crippen molar-refractivity contribution < 1.29 is 4.79 Å². The molecule has 1 aromatic heterocycles. The first kappa shape index (κ1) is 18.7. The van der Waals surface area contributed by atoms with Crippen molar-refractivity contribution in [3.05, 3.63) is 45.0 Å². The summed E-state index contributed by atoms with van der Waals surface area (Å²) in [7, 11) is 0. The lowest BCUT2D eigenvalue weighted by Crippen LogP contribution is -2.35. The third kappa shape index (κ3) is 3.17. The van der Waals surface area contributed by atoms with E-state index in [9.17, 15) is 14.4 Å². The van der Waals surface area contributed by atoms with Crippen LogP contribution in [-0.2, 0) is 11.3 Å². The quantitative estimate of drug-likeness (QED) is 0.820. The topological polar surface area (TPSA) is 101 Å². The number of nitrogens with one attached hydrogen (secondary N) is 1. The molecule has 1 aliphatic heterocycles. The second-order valence-electron chi connectivity index (χ2n) is 7.16. The standard InChI is InChI=1S/C18H22N4O3.ClH/c19-15-6-5-11-9-21(10-14(11)15)16(23)7-8-22-18(25)13-4-2-1-3-12(13)17(24)20-22;/h1-4,11,14-15H,5-10,19H2,(H,20,24);1H. The van der Waals surface area contributed by atoms with Gasteiger partial charge in [-0.25, -0.2) is 4.68 Å². The van der Waals surface area contributed by atoms with Crippen molar-refractivity contribution in [1.82, 2.24) is 14.7 Å². The van der Waals surface area contributed by atoms with Gasteiger partial charge in [0.25, 0.3) is 11.1 Å². The Bertz CT molecular complexity index is 938. The second-order valence-corrected chi connectivity index (χ2v) is 7.16. The maximum Gasteiger partial charge on any atom is 0.273 e. The number of halogens is 1. The lowest BCUT2D eigenvalue weighted by Gasteiger charge is -2.19. The van der Waals surface area contributed by atoms with Crippen molar-refractivity contribution in [2.24, 2.45) is 17.6 Å². The molecule has 0 bridgehead atoms. The van der Waals surface area contributed by atoms with Gasteiger partial charge < -0.3 is 10.6 Å². The minimum atomic E-state index is -0.315. The first-order valence-electron chi connectivity index (χ1n) is 8.80. The van der Waals surface area contributed by atoms with E-state index in [0.29, 0.717) is 29.2 Å². The van der Waals surface area contributed by atoms with Gasteiger partial charge >= 0.3 is 0 Å². The first-order chi connectivity index (χ1) is 12.0. The lowest BCUT2D eigenvalue weighted by molar-refractivity contribution is -0.130. The Morgan fingerprint density at radius 2 is 1.88 bits per heavy atom. The summed E-state index contributed by atoms with van der Waals surface area (Å²) in [5.74, 6) is 0.941. The van der Waals surface area contributed by atoms with E-state index >= 15 is 0 Å². The Morgan fingerprint density at radius 3 is 2.62 bits per heavy atom. The predicted octanol–water partition coefficient (Wildman–Crippen LogP) is 0.697. The molecule has 8 heteroatoms. The van der Waals surface area contributed by atoms with Crippen LogP contribution < -0.4 is 16.9 Å². The number of amides is 1. The van der Waals surface area contributed by atoms with Crippen LogP contribution >= 0.6 is 12.4 Å². The summed E-state index contributed by atoms with van der Waals surface area (Å²) in [6, 6.07) is 6.90. The van der Waals surface area contributed by atoms with Gasteiger partial charge in [0.2, 0.25) is 5.91 Å². The van der Waals surface area contributed by atoms with Crippen LogP contribution in [0.5, 0.6) is 0 Å². The molecule has 7 nitrogen and oxygen atoms in total. The molecule has 1 aliphatic carbocycles. The van der Waals surface area contributed by atoms with Crippen LogP contribution in [0.3, 0.4) is 0 Å². The molecule has 1 amide bonds. The summed E-state index contributed by atoms with van der Waals surface area (Å²) < 4.78 is 1.24. The third-order valence-corrected chi connectivity index (χ3v) is 5.70. The maximum atomic E-state index is 12.5. The first-order valence-corrected chi connectivity index (χ1v) is 8.80. The smallest absolute Gasteiger partial charge is 0.273 e. The van der Waals surface area contributed by atoms with Gasteiger partial charge in [0.05, 0.1) is 17.3 Å². The zero-order valence-corrected chi connectivity index (χ0v) is 15.2. The van der Waals surface area contributed by atoms with Crippen molar-refractivity contribution in [2.75, 3.05) is 13.1 Å². The minimum Gasteiger partial charge on any atom is -0.342 e. The minimum absolute atomic E-state index is 0. The molecule has 140 valence electrons. The van der Waals surface area contributed by atoms with Gasteiger partial charge in [0.15, 0.2) is 0 Å². The number of nitrogens with two attached hydrogens (primary N) is 1. The fourth-order valence-electron chi connectivity index (χ4n) is 4.28. The highest BCUT2D eigenvalue weighted by atomic mass is 35.5. The molecule has 2 aliphatic rings. The Balaban J connectivity index is 0.00000196. The zero-order valence-electron chi connectivity index (χ0n) is 14.4. The molecule has 0 spiro atoms. The largest absolute Gasteiger partial charge is 0.342 e. The molecule has 2 fully saturated rings. The van der Waals surface area contributed by atoms with E-state index in [0.717, 1.165) is 19.4 Å². The van der Waals surface area contributed by atoms with Gasteiger partial charge in [0.1, 0.15) is 0 Å². The van der Waals surface area contributed by atoms with E-state index in [1.807, 2.05) is 4.90 Å². The normalized spacial score (nSPS) is 24.5. The average molecular weight is 379 g/mol. The molecular weight excluding hydrogens is 356 g/mol. The fraction of sp³-hybridized carbons (Fsp3) is 0.500. The number of nitrogens with zero attached hydrogens (tertiary/aromatic N) is 2. The molecule has 26 heavy (non-hydrogen) atoms. The van der Waals surface area contributed by atoms with E-state index in [4.69, 9.17) is 5.73 Å². The van der Waals surface area contributed by atoms with Crippen LogP contribution in [0.4, 0.5) is 0 Å². The van der Waals surface area contributed by atoms with Crippen molar-refractivity contribution in [2.45, 2.75) is 31.8 Å². The number of hydrogen-bond donors (Lipinski definition) is 2. The van der Waals surface area contributed by atoms with E-state index in [1.165, 1.54) is 4.68 Å². The number of carbonyl (C=O) groups excluding carboxylic acids is 1. The summed E-state index contributed by atoms with van der Waals surface area (Å²) in [6.45, 7) is 1.66. The number of fused-ring (bicyclic) bond motifs is 2. The summed E-state index contributed by atoms with van der Waals surface area (Å²) in [5, 5.41) is 3.32. The van der Waals surface area contributed by atoms with Crippen LogP contribution in [0, 0.1) is 11.8 Å². The van der Waals surface area contributed by atoms with Crippen molar-refractivity contribution in [3.63, 3.8) is 0 Å². The van der Waals surface area contributed by atoms with Crippen LogP contribution in [-0.4, -0.2) is 39.7 Å². The van der Waals surface area contributed by atoms with Crippen molar-refractivity contribution in [3.8, 4) is 0 Å². The number of H-pyrrole nitrogens is 1. The molecule has 4 rings (SSSR count). The number of benzene rings is 1. The molecule has 3 N–H and O–H groups in total. The molecule has 0 radical (unpaired) electrons. The maximum absolute atomic E-state index is 12.5. The predicted molar refractivity (Wildman–Crippen MR) is 101 cm³/mol. The van der Waals surface area contributed by atoms with Crippen LogP contribution in [0.2, 0.25) is 0 Å². The van der Waals surface area contributed by atoms with Crippen LogP contribution in [0.25, 0.3) is 10.8 Å². The summed E-state index contributed by atoms with van der Waals surface area (Å²) in [5.41, 5.74) is 5.52. The summed E-state index contributed by atoms with van der Waals surface area (Å²) in [4.78, 5) is 38.9. The lowest BCUT2D eigenvalue weighted by atomic mass is 9.98. The van der Waals surface area contributed by atoms with Gasteiger partial charge in [-0.3, -0.25) is 19.5 Å². The average Bonchev–Trinajstić information content (AvgIpc) is 3.19. The van der Waals surface area contributed by atoms with Crippen molar-refractivity contribution in [1.29, 1.82) is 0 Å². The zero-order chi connectivity index (χ0) is 17.6.